The number of fused-ring (bicyclic) bond motifs is 1. The minimum atomic E-state index is -0.505. The summed E-state index contributed by atoms with van der Waals surface area (Å²) in [6.45, 7) is 4.10. The normalized spacial score (nSPS) is 11.1. The van der Waals surface area contributed by atoms with Crippen LogP contribution in [0, 0.1) is 12.7 Å². The van der Waals surface area contributed by atoms with E-state index in [1.807, 2.05) is 43.3 Å². The van der Waals surface area contributed by atoms with Gasteiger partial charge in [0, 0.05) is 41.2 Å². The second-order valence-corrected chi connectivity index (χ2v) is 8.45. The molecule has 188 valence electrons. The van der Waals surface area contributed by atoms with Gasteiger partial charge in [-0.2, -0.15) is 0 Å². The third kappa shape index (κ3) is 5.56. The van der Waals surface area contributed by atoms with E-state index in [1.165, 1.54) is 6.20 Å². The van der Waals surface area contributed by atoms with Gasteiger partial charge in [-0.05, 0) is 55.3 Å². The van der Waals surface area contributed by atoms with Crippen LogP contribution in [-0.4, -0.2) is 29.3 Å². The fourth-order valence-corrected chi connectivity index (χ4v) is 4.09. The van der Waals surface area contributed by atoms with Gasteiger partial charge in [0.05, 0.1) is 25.3 Å². The van der Waals surface area contributed by atoms with Crippen molar-refractivity contribution in [2.24, 2.45) is 5.73 Å². The van der Waals surface area contributed by atoms with Crippen LogP contribution < -0.4 is 10.5 Å². The standard InChI is InChI=1S/C28H29FN2O5/c1-3-34-26(33)14-19-5-4-17(2)10-25(19)35-16-18-11-20-13-21(7-9-32)36-28(20)23(12-18)22-6-8-31-24(15-30)27(22)29/h4-6,8,10-13,32H,3,7,9,14-16,30H2,1-2H3. The Labute approximate surface area is 208 Å². The van der Waals surface area contributed by atoms with E-state index in [2.05, 4.69) is 4.98 Å². The molecule has 0 bridgehead atoms. The Morgan fingerprint density at radius 2 is 2.00 bits per heavy atom. The monoisotopic (exact) mass is 492 g/mol. The SMILES string of the molecule is CCOC(=O)Cc1ccc(C)cc1OCc1cc(-c2ccnc(CN)c2F)c2oc(CCO)cc2c1. The fourth-order valence-electron chi connectivity index (χ4n) is 4.09. The van der Waals surface area contributed by atoms with Crippen LogP contribution in [0.3, 0.4) is 0 Å². The van der Waals surface area contributed by atoms with Crippen LogP contribution in [0.5, 0.6) is 5.75 Å². The first-order valence-corrected chi connectivity index (χ1v) is 11.8. The number of carbonyl (C=O) groups excluding carboxylic acids is 1. The molecule has 0 radical (unpaired) electrons. The lowest BCUT2D eigenvalue weighted by molar-refractivity contribution is -0.142. The highest BCUT2D eigenvalue weighted by atomic mass is 19.1. The summed E-state index contributed by atoms with van der Waals surface area (Å²) in [6.07, 6.45) is 1.96. The highest BCUT2D eigenvalue weighted by molar-refractivity contribution is 5.93. The number of aliphatic hydroxyl groups excluding tert-OH is 1. The van der Waals surface area contributed by atoms with Gasteiger partial charge in [-0.25, -0.2) is 4.39 Å². The molecule has 0 aliphatic heterocycles. The van der Waals surface area contributed by atoms with Crippen molar-refractivity contribution in [1.29, 1.82) is 0 Å². The summed E-state index contributed by atoms with van der Waals surface area (Å²) >= 11 is 0. The molecule has 2 aromatic carbocycles. The number of furan rings is 1. The predicted octanol–water partition coefficient (Wildman–Crippen LogP) is 4.62. The number of pyridine rings is 1. The lowest BCUT2D eigenvalue weighted by atomic mass is 10.00. The van der Waals surface area contributed by atoms with Crippen LogP contribution in [0.25, 0.3) is 22.1 Å². The molecule has 36 heavy (non-hydrogen) atoms. The van der Waals surface area contributed by atoms with Gasteiger partial charge in [-0.1, -0.05) is 12.1 Å². The van der Waals surface area contributed by atoms with E-state index in [1.54, 1.807) is 13.0 Å². The molecule has 4 rings (SSSR count). The van der Waals surface area contributed by atoms with Crippen molar-refractivity contribution in [3.05, 3.63) is 82.6 Å². The van der Waals surface area contributed by atoms with Gasteiger partial charge in [-0.15, -0.1) is 0 Å². The van der Waals surface area contributed by atoms with Crippen molar-refractivity contribution in [2.75, 3.05) is 13.2 Å². The Bertz CT molecular complexity index is 1380. The van der Waals surface area contributed by atoms with Crippen LogP contribution in [0.4, 0.5) is 4.39 Å². The van der Waals surface area contributed by atoms with E-state index in [4.69, 9.17) is 19.6 Å². The van der Waals surface area contributed by atoms with Gasteiger partial charge in [0.2, 0.25) is 0 Å². The number of aryl methyl sites for hydroxylation is 1. The van der Waals surface area contributed by atoms with Gasteiger partial charge < -0.3 is 24.7 Å². The minimum absolute atomic E-state index is 0.0316. The number of nitrogens with zero attached hydrogens (tertiary/aromatic N) is 1. The molecule has 0 atom stereocenters. The molecular weight excluding hydrogens is 463 g/mol. The second kappa shape index (κ2) is 11.3. The molecule has 0 saturated heterocycles. The molecule has 4 aromatic rings. The number of esters is 1. The number of hydrogen-bond donors (Lipinski definition) is 2. The van der Waals surface area contributed by atoms with E-state index in [0.717, 1.165) is 22.1 Å². The zero-order chi connectivity index (χ0) is 25.7. The van der Waals surface area contributed by atoms with E-state index in [-0.39, 0.29) is 37.8 Å². The number of carbonyl (C=O) groups is 1. The summed E-state index contributed by atoms with van der Waals surface area (Å²) < 4.78 is 32.4. The van der Waals surface area contributed by atoms with Gasteiger partial charge >= 0.3 is 5.97 Å². The van der Waals surface area contributed by atoms with Gasteiger partial charge in [-0.3, -0.25) is 9.78 Å². The molecule has 0 amide bonds. The summed E-state index contributed by atoms with van der Waals surface area (Å²) in [5.41, 5.74) is 9.70. The first-order valence-electron chi connectivity index (χ1n) is 11.8. The Morgan fingerprint density at radius 1 is 1.17 bits per heavy atom. The highest BCUT2D eigenvalue weighted by Crippen LogP contribution is 2.35. The zero-order valence-electron chi connectivity index (χ0n) is 20.3. The molecule has 3 N–H and O–H groups in total. The number of aliphatic hydroxyl groups is 1. The van der Waals surface area contributed by atoms with Gasteiger partial charge in [0.25, 0.3) is 0 Å². The Balaban J connectivity index is 1.72. The Kier molecular flexibility index (Phi) is 7.97. The molecule has 7 nitrogen and oxygen atoms in total. The van der Waals surface area contributed by atoms with Gasteiger partial charge in [0.15, 0.2) is 5.82 Å². The van der Waals surface area contributed by atoms with E-state index in [9.17, 15) is 9.90 Å². The van der Waals surface area contributed by atoms with Crippen molar-refractivity contribution in [3.63, 3.8) is 0 Å². The summed E-state index contributed by atoms with van der Waals surface area (Å²) in [4.78, 5) is 16.1. The number of rotatable bonds is 10. The summed E-state index contributed by atoms with van der Waals surface area (Å²) in [7, 11) is 0. The van der Waals surface area contributed by atoms with Crippen LogP contribution in [0.15, 0.2) is 53.1 Å². The summed E-state index contributed by atoms with van der Waals surface area (Å²) in [5.74, 6) is 0.345. The third-order valence-electron chi connectivity index (χ3n) is 5.79. The molecule has 0 spiro atoms. The van der Waals surface area contributed by atoms with Crippen molar-refractivity contribution in [3.8, 4) is 16.9 Å². The summed E-state index contributed by atoms with van der Waals surface area (Å²) in [6, 6.07) is 12.8. The molecule has 0 aliphatic carbocycles. The number of nitrogens with two attached hydrogens (primary N) is 1. The van der Waals surface area contributed by atoms with Crippen LogP contribution in [0.2, 0.25) is 0 Å². The maximum absolute atomic E-state index is 15.2. The highest BCUT2D eigenvalue weighted by Gasteiger charge is 2.18. The largest absolute Gasteiger partial charge is 0.489 e. The molecule has 0 unspecified atom stereocenters. The number of benzene rings is 2. The molecule has 0 saturated carbocycles. The topological polar surface area (TPSA) is 108 Å². The van der Waals surface area contributed by atoms with E-state index in [0.29, 0.717) is 41.2 Å². The molecule has 8 heteroatoms. The van der Waals surface area contributed by atoms with Crippen molar-refractivity contribution >= 4 is 16.9 Å². The average molecular weight is 493 g/mol. The molecule has 0 aliphatic rings. The number of ether oxygens (including phenoxy) is 2. The van der Waals surface area contributed by atoms with Gasteiger partial charge in [0.1, 0.15) is 23.7 Å². The zero-order valence-corrected chi connectivity index (χ0v) is 20.3. The first kappa shape index (κ1) is 25.3. The summed E-state index contributed by atoms with van der Waals surface area (Å²) in [5, 5.41) is 10.1. The lowest BCUT2D eigenvalue weighted by Gasteiger charge is -2.14. The smallest absolute Gasteiger partial charge is 0.310 e. The quantitative estimate of drug-likeness (QED) is 0.311. The van der Waals surface area contributed by atoms with Crippen LogP contribution in [0.1, 0.15) is 35.1 Å². The lowest BCUT2D eigenvalue weighted by Crippen LogP contribution is -2.09. The second-order valence-electron chi connectivity index (χ2n) is 8.45. The van der Waals surface area contributed by atoms with E-state index >= 15 is 4.39 Å². The number of hydrogen-bond acceptors (Lipinski definition) is 7. The van der Waals surface area contributed by atoms with E-state index < -0.39 is 5.82 Å². The predicted molar refractivity (Wildman–Crippen MR) is 134 cm³/mol. The molecular formula is C28H29FN2O5. The van der Waals surface area contributed by atoms with Crippen molar-refractivity contribution < 1.29 is 28.2 Å². The minimum Gasteiger partial charge on any atom is -0.489 e. The first-order chi connectivity index (χ1) is 17.4. The molecule has 0 fully saturated rings. The maximum atomic E-state index is 15.2. The number of halogens is 1. The van der Waals surface area contributed by atoms with Crippen molar-refractivity contribution in [1.82, 2.24) is 4.98 Å². The maximum Gasteiger partial charge on any atom is 0.310 e. The Morgan fingerprint density at radius 3 is 2.75 bits per heavy atom. The Hall–Kier alpha value is -3.75. The molecule has 2 heterocycles. The molecule has 2 aromatic heterocycles. The number of aromatic nitrogens is 1. The van der Waals surface area contributed by atoms with Crippen LogP contribution >= 0.6 is 0 Å². The van der Waals surface area contributed by atoms with Crippen LogP contribution in [-0.2, 0) is 35.5 Å². The third-order valence-corrected chi connectivity index (χ3v) is 5.79. The van der Waals surface area contributed by atoms with Crippen molar-refractivity contribution in [2.45, 2.75) is 39.8 Å². The average Bonchev–Trinajstić information content (AvgIpc) is 3.27. The fraction of sp³-hybridized carbons (Fsp3) is 0.286.